The van der Waals surface area contributed by atoms with Gasteiger partial charge in [0, 0.05) is 23.5 Å². The quantitative estimate of drug-likeness (QED) is 0.833. The molecule has 0 aromatic carbocycles. The van der Waals surface area contributed by atoms with E-state index < -0.39 is 9.84 Å². The van der Waals surface area contributed by atoms with Gasteiger partial charge in [-0.2, -0.15) is 4.98 Å². The van der Waals surface area contributed by atoms with Crippen molar-refractivity contribution >= 4 is 54.2 Å². The van der Waals surface area contributed by atoms with E-state index >= 15 is 0 Å². The van der Waals surface area contributed by atoms with Crippen molar-refractivity contribution in [3.8, 4) is 0 Å². The third-order valence-corrected chi connectivity index (χ3v) is 3.80. The van der Waals surface area contributed by atoms with Crippen LogP contribution in [0.1, 0.15) is 0 Å². The minimum atomic E-state index is -3.03. The van der Waals surface area contributed by atoms with Gasteiger partial charge in [0.15, 0.2) is 5.65 Å². The monoisotopic (exact) mass is 364 g/mol. The first-order chi connectivity index (χ1) is 8.85. The fraction of sp³-hybridized carbons (Fsp3) is 0.300. The van der Waals surface area contributed by atoms with Gasteiger partial charge in [-0.15, -0.1) is 0 Å². The molecular formula is C10H10BrClN4O2S. The second kappa shape index (κ2) is 5.56. The normalized spacial score (nSPS) is 11.7. The zero-order valence-electron chi connectivity index (χ0n) is 9.89. The van der Waals surface area contributed by atoms with Crippen molar-refractivity contribution in [2.24, 2.45) is 0 Å². The lowest BCUT2D eigenvalue weighted by Crippen LogP contribution is -2.15. The van der Waals surface area contributed by atoms with Gasteiger partial charge in [-0.3, -0.25) is 0 Å². The standard InChI is InChI=1S/C10H10BrClN4O2S/c1-19(17,18)3-2-13-8-7-4-6(11)5-14-9(7)16-10(12)15-8/h4-5H,2-3H2,1H3,(H,13,14,15,16). The molecular weight excluding hydrogens is 356 g/mol. The zero-order valence-corrected chi connectivity index (χ0v) is 13.0. The summed E-state index contributed by atoms with van der Waals surface area (Å²) < 4.78 is 22.9. The minimum Gasteiger partial charge on any atom is -0.368 e. The zero-order chi connectivity index (χ0) is 14.0. The highest BCUT2D eigenvalue weighted by Gasteiger charge is 2.09. The number of sulfone groups is 1. The molecule has 19 heavy (non-hydrogen) atoms. The molecule has 0 aliphatic carbocycles. The number of hydrogen-bond donors (Lipinski definition) is 1. The molecule has 0 spiro atoms. The molecule has 0 atom stereocenters. The van der Waals surface area contributed by atoms with Crippen LogP contribution in [0.2, 0.25) is 5.28 Å². The van der Waals surface area contributed by atoms with Gasteiger partial charge in [0.1, 0.15) is 15.7 Å². The largest absolute Gasteiger partial charge is 0.368 e. The number of aromatic nitrogens is 3. The van der Waals surface area contributed by atoms with Gasteiger partial charge in [0.25, 0.3) is 0 Å². The lowest BCUT2D eigenvalue weighted by molar-refractivity contribution is 0.602. The van der Waals surface area contributed by atoms with E-state index in [0.717, 1.165) is 4.47 Å². The van der Waals surface area contributed by atoms with Gasteiger partial charge < -0.3 is 5.32 Å². The molecule has 0 amide bonds. The van der Waals surface area contributed by atoms with Crippen LogP contribution in [0, 0.1) is 0 Å². The van der Waals surface area contributed by atoms with Crippen LogP contribution in [-0.2, 0) is 9.84 Å². The van der Waals surface area contributed by atoms with E-state index in [-0.39, 0.29) is 17.6 Å². The Hall–Kier alpha value is -0.990. The van der Waals surface area contributed by atoms with Crippen LogP contribution in [0.4, 0.5) is 5.82 Å². The van der Waals surface area contributed by atoms with Gasteiger partial charge in [0.2, 0.25) is 5.28 Å². The van der Waals surface area contributed by atoms with Gasteiger partial charge in [-0.25, -0.2) is 18.4 Å². The summed E-state index contributed by atoms with van der Waals surface area (Å²) in [5.74, 6) is 0.477. The average molecular weight is 366 g/mol. The van der Waals surface area contributed by atoms with Crippen LogP contribution < -0.4 is 5.32 Å². The first-order valence-electron chi connectivity index (χ1n) is 5.25. The molecule has 2 aromatic rings. The summed E-state index contributed by atoms with van der Waals surface area (Å²) in [6, 6.07) is 1.79. The summed E-state index contributed by atoms with van der Waals surface area (Å²) >= 11 is 9.11. The molecule has 1 N–H and O–H groups in total. The maximum atomic E-state index is 11.1. The summed E-state index contributed by atoms with van der Waals surface area (Å²) in [5, 5.41) is 3.67. The molecule has 9 heteroatoms. The first-order valence-corrected chi connectivity index (χ1v) is 8.49. The maximum absolute atomic E-state index is 11.1. The van der Waals surface area contributed by atoms with E-state index in [1.165, 1.54) is 6.26 Å². The predicted molar refractivity (Wildman–Crippen MR) is 78.2 cm³/mol. The Morgan fingerprint density at radius 3 is 2.84 bits per heavy atom. The molecule has 0 saturated heterocycles. The third kappa shape index (κ3) is 3.99. The van der Waals surface area contributed by atoms with Gasteiger partial charge in [-0.1, -0.05) is 0 Å². The molecule has 2 aromatic heterocycles. The average Bonchev–Trinajstić information content (AvgIpc) is 2.28. The van der Waals surface area contributed by atoms with Crippen molar-refractivity contribution in [3.05, 3.63) is 22.0 Å². The van der Waals surface area contributed by atoms with E-state index in [9.17, 15) is 8.42 Å². The maximum Gasteiger partial charge on any atom is 0.226 e. The van der Waals surface area contributed by atoms with Gasteiger partial charge >= 0.3 is 0 Å². The number of pyridine rings is 1. The Balaban J connectivity index is 2.33. The van der Waals surface area contributed by atoms with E-state index in [0.29, 0.717) is 16.9 Å². The predicted octanol–water partition coefficient (Wildman–Crippen LogP) is 1.90. The molecule has 6 nitrogen and oxygen atoms in total. The van der Waals surface area contributed by atoms with Gasteiger partial charge in [0.05, 0.1) is 11.1 Å². The van der Waals surface area contributed by atoms with Crippen molar-refractivity contribution in [3.63, 3.8) is 0 Å². The third-order valence-electron chi connectivity index (χ3n) is 2.26. The first kappa shape index (κ1) is 14.4. The van der Waals surface area contributed by atoms with Crippen LogP contribution in [0.5, 0.6) is 0 Å². The Kier molecular flexibility index (Phi) is 4.22. The van der Waals surface area contributed by atoms with E-state index in [1.54, 1.807) is 12.3 Å². The lowest BCUT2D eigenvalue weighted by Gasteiger charge is -2.08. The van der Waals surface area contributed by atoms with E-state index in [1.807, 2.05) is 0 Å². The minimum absolute atomic E-state index is 0.0115. The molecule has 102 valence electrons. The number of halogens is 2. The summed E-state index contributed by atoms with van der Waals surface area (Å²) in [6.07, 6.45) is 2.78. The van der Waals surface area contributed by atoms with Crippen molar-refractivity contribution in [1.82, 2.24) is 15.0 Å². The summed E-state index contributed by atoms with van der Waals surface area (Å²) in [6.45, 7) is 0.244. The van der Waals surface area contributed by atoms with Crippen molar-refractivity contribution in [2.75, 3.05) is 23.9 Å². The Morgan fingerprint density at radius 1 is 1.42 bits per heavy atom. The van der Waals surface area contributed by atoms with Crippen LogP contribution in [0.3, 0.4) is 0 Å². The fourth-order valence-corrected chi connectivity index (χ4v) is 2.42. The molecule has 2 heterocycles. The van der Waals surface area contributed by atoms with E-state index in [2.05, 4.69) is 36.2 Å². The van der Waals surface area contributed by atoms with Crippen LogP contribution >= 0.6 is 27.5 Å². The Morgan fingerprint density at radius 2 is 2.16 bits per heavy atom. The molecule has 0 fully saturated rings. The second-order valence-electron chi connectivity index (χ2n) is 3.92. The highest BCUT2D eigenvalue weighted by atomic mass is 79.9. The number of anilines is 1. The highest BCUT2D eigenvalue weighted by molar-refractivity contribution is 9.10. The number of hydrogen-bond acceptors (Lipinski definition) is 6. The van der Waals surface area contributed by atoms with Crippen molar-refractivity contribution in [1.29, 1.82) is 0 Å². The van der Waals surface area contributed by atoms with Crippen molar-refractivity contribution < 1.29 is 8.42 Å². The molecule has 0 bridgehead atoms. The van der Waals surface area contributed by atoms with Crippen LogP contribution in [0.25, 0.3) is 11.0 Å². The number of rotatable bonds is 4. The van der Waals surface area contributed by atoms with Gasteiger partial charge in [-0.05, 0) is 33.6 Å². The second-order valence-corrected chi connectivity index (χ2v) is 7.44. The topological polar surface area (TPSA) is 84.8 Å². The fourth-order valence-electron chi connectivity index (χ4n) is 1.45. The number of nitrogens with zero attached hydrogens (tertiary/aromatic N) is 3. The Labute approximate surface area is 123 Å². The lowest BCUT2D eigenvalue weighted by atomic mass is 10.3. The molecule has 0 radical (unpaired) electrons. The number of nitrogens with one attached hydrogen (secondary N) is 1. The summed E-state index contributed by atoms with van der Waals surface area (Å²) in [7, 11) is -3.03. The van der Waals surface area contributed by atoms with Crippen molar-refractivity contribution in [2.45, 2.75) is 0 Å². The molecule has 2 rings (SSSR count). The smallest absolute Gasteiger partial charge is 0.226 e. The summed E-state index contributed by atoms with van der Waals surface area (Å²) in [5.41, 5.74) is 0.449. The summed E-state index contributed by atoms with van der Waals surface area (Å²) in [4.78, 5) is 12.2. The van der Waals surface area contributed by atoms with Crippen LogP contribution in [0.15, 0.2) is 16.7 Å². The Bertz CT molecular complexity index is 723. The SMILES string of the molecule is CS(=O)(=O)CCNc1nc(Cl)nc2ncc(Br)cc12. The van der Waals surface area contributed by atoms with E-state index in [4.69, 9.17) is 11.6 Å². The molecule has 0 aliphatic heterocycles. The molecule has 0 aliphatic rings. The highest BCUT2D eigenvalue weighted by Crippen LogP contribution is 2.23. The molecule has 0 unspecified atom stereocenters. The number of fused-ring (bicyclic) bond motifs is 1. The molecule has 0 saturated carbocycles. The van der Waals surface area contributed by atoms with Crippen LogP contribution in [-0.4, -0.2) is 41.9 Å².